The lowest BCUT2D eigenvalue weighted by atomic mass is 9.81. The minimum absolute atomic E-state index is 0.0268. The van der Waals surface area contributed by atoms with Gasteiger partial charge in [-0.15, -0.1) is 0 Å². The van der Waals surface area contributed by atoms with Gasteiger partial charge in [-0.2, -0.15) is 10.3 Å². The van der Waals surface area contributed by atoms with E-state index in [1.165, 1.54) is 5.06 Å². The van der Waals surface area contributed by atoms with Gasteiger partial charge in [-0.25, -0.2) is 0 Å². The average molecular weight is 322 g/mol. The van der Waals surface area contributed by atoms with Crippen LogP contribution in [0.5, 0.6) is 0 Å². The van der Waals surface area contributed by atoms with Crippen molar-refractivity contribution in [3.05, 3.63) is 71.3 Å². The fourth-order valence-corrected chi connectivity index (χ4v) is 3.50. The first-order valence-electron chi connectivity index (χ1n) is 8.28. The molecule has 0 spiro atoms. The number of nitrogens with zero attached hydrogens (tertiary/aromatic N) is 2. The van der Waals surface area contributed by atoms with Crippen LogP contribution >= 0.6 is 0 Å². The first kappa shape index (κ1) is 16.7. The van der Waals surface area contributed by atoms with E-state index in [-0.39, 0.29) is 5.92 Å². The lowest BCUT2D eigenvalue weighted by Gasteiger charge is -2.29. The van der Waals surface area contributed by atoms with Gasteiger partial charge in [0.2, 0.25) is 0 Å². The van der Waals surface area contributed by atoms with E-state index in [9.17, 15) is 10.3 Å². The molecule has 1 aliphatic heterocycles. The van der Waals surface area contributed by atoms with Crippen molar-refractivity contribution in [3.63, 3.8) is 0 Å². The van der Waals surface area contributed by atoms with Gasteiger partial charge in [0.1, 0.15) is 0 Å². The molecular weight excluding hydrogens is 300 g/mol. The molecule has 0 bridgehead atoms. The Kier molecular flexibility index (Phi) is 4.96. The second kappa shape index (κ2) is 7.14. The summed E-state index contributed by atoms with van der Waals surface area (Å²) < 4.78 is 0. The maximum Gasteiger partial charge on any atom is 0.0991 e. The van der Waals surface area contributed by atoms with E-state index < -0.39 is 5.60 Å². The third kappa shape index (κ3) is 4.01. The van der Waals surface area contributed by atoms with Gasteiger partial charge in [-0.05, 0) is 36.1 Å². The predicted molar refractivity (Wildman–Crippen MR) is 91.6 cm³/mol. The highest BCUT2D eigenvalue weighted by molar-refractivity contribution is 5.33. The summed E-state index contributed by atoms with van der Waals surface area (Å²) in [5, 5.41) is 31.5. The smallest absolute Gasteiger partial charge is 0.0991 e. The molecule has 3 rings (SSSR count). The molecule has 2 aromatic carbocycles. The third-order valence-electron chi connectivity index (χ3n) is 4.78. The highest BCUT2D eigenvalue weighted by Crippen LogP contribution is 2.34. The van der Waals surface area contributed by atoms with Crippen molar-refractivity contribution in [1.82, 2.24) is 5.06 Å². The maximum absolute atomic E-state index is 11.2. The summed E-state index contributed by atoms with van der Waals surface area (Å²) in [7, 11) is 0. The number of nitriles is 1. The van der Waals surface area contributed by atoms with Gasteiger partial charge in [-0.3, -0.25) is 0 Å². The van der Waals surface area contributed by atoms with E-state index in [4.69, 9.17) is 5.26 Å². The van der Waals surface area contributed by atoms with Crippen molar-refractivity contribution >= 4 is 0 Å². The van der Waals surface area contributed by atoms with Gasteiger partial charge in [0, 0.05) is 25.4 Å². The third-order valence-corrected chi connectivity index (χ3v) is 4.78. The molecule has 2 N–H and O–H groups in total. The van der Waals surface area contributed by atoms with Crippen LogP contribution in [0, 0.1) is 11.3 Å². The van der Waals surface area contributed by atoms with Gasteiger partial charge in [-0.1, -0.05) is 42.5 Å². The Balaban J connectivity index is 1.82. The Morgan fingerprint density at radius 1 is 1.12 bits per heavy atom. The Morgan fingerprint density at radius 2 is 1.83 bits per heavy atom. The van der Waals surface area contributed by atoms with Crippen LogP contribution in [0.4, 0.5) is 0 Å². The van der Waals surface area contributed by atoms with Gasteiger partial charge in [0.05, 0.1) is 17.2 Å². The summed E-state index contributed by atoms with van der Waals surface area (Å²) in [5.41, 5.74) is 1.91. The molecule has 124 valence electrons. The minimum atomic E-state index is -0.850. The number of aliphatic hydroxyl groups is 1. The SMILES string of the molecule is N#Cc1ccc(C2CN(O)CCC(O)(Cc3ccccc3)C2)cc1. The molecule has 0 saturated carbocycles. The van der Waals surface area contributed by atoms with E-state index in [0.29, 0.717) is 37.9 Å². The molecule has 24 heavy (non-hydrogen) atoms. The summed E-state index contributed by atoms with van der Waals surface area (Å²) in [4.78, 5) is 0. The van der Waals surface area contributed by atoms with Crippen molar-refractivity contribution in [2.24, 2.45) is 0 Å². The summed E-state index contributed by atoms with van der Waals surface area (Å²) in [6.07, 6.45) is 1.70. The van der Waals surface area contributed by atoms with E-state index in [1.54, 1.807) is 12.1 Å². The number of hydrogen-bond acceptors (Lipinski definition) is 4. The Morgan fingerprint density at radius 3 is 2.50 bits per heavy atom. The second-order valence-electron chi connectivity index (χ2n) is 6.68. The molecule has 0 amide bonds. The zero-order chi connectivity index (χ0) is 17.0. The lowest BCUT2D eigenvalue weighted by molar-refractivity contribution is -0.0948. The maximum atomic E-state index is 11.2. The van der Waals surface area contributed by atoms with Crippen LogP contribution in [0.15, 0.2) is 54.6 Å². The molecule has 4 heteroatoms. The number of hydrogen-bond donors (Lipinski definition) is 2. The van der Waals surface area contributed by atoms with E-state index in [2.05, 4.69) is 6.07 Å². The summed E-state index contributed by atoms with van der Waals surface area (Å²) in [6.45, 7) is 0.944. The zero-order valence-electron chi connectivity index (χ0n) is 13.6. The van der Waals surface area contributed by atoms with Crippen LogP contribution in [0.2, 0.25) is 0 Å². The summed E-state index contributed by atoms with van der Waals surface area (Å²) >= 11 is 0. The van der Waals surface area contributed by atoms with Crippen molar-refractivity contribution in [1.29, 1.82) is 5.26 Å². The lowest BCUT2D eigenvalue weighted by Crippen LogP contribution is -2.33. The number of benzene rings is 2. The van der Waals surface area contributed by atoms with E-state index in [0.717, 1.165) is 11.1 Å². The van der Waals surface area contributed by atoms with Gasteiger partial charge in [0.15, 0.2) is 0 Å². The molecule has 0 aromatic heterocycles. The normalized spacial score (nSPS) is 25.0. The molecule has 0 aliphatic carbocycles. The first-order valence-corrected chi connectivity index (χ1v) is 8.28. The van der Waals surface area contributed by atoms with Crippen molar-refractivity contribution in [3.8, 4) is 6.07 Å². The van der Waals surface area contributed by atoms with Crippen molar-refractivity contribution < 1.29 is 10.3 Å². The average Bonchev–Trinajstić information content (AvgIpc) is 2.75. The second-order valence-corrected chi connectivity index (χ2v) is 6.68. The quantitative estimate of drug-likeness (QED) is 0.911. The highest BCUT2D eigenvalue weighted by Gasteiger charge is 2.35. The van der Waals surface area contributed by atoms with Crippen molar-refractivity contribution in [2.45, 2.75) is 30.8 Å². The fraction of sp³-hybridized carbons (Fsp3) is 0.350. The molecule has 1 heterocycles. The first-order chi connectivity index (χ1) is 11.6. The fourth-order valence-electron chi connectivity index (χ4n) is 3.50. The Bertz CT molecular complexity index is 709. The van der Waals surface area contributed by atoms with Crippen LogP contribution < -0.4 is 0 Å². The zero-order valence-corrected chi connectivity index (χ0v) is 13.6. The van der Waals surface area contributed by atoms with Gasteiger partial charge >= 0.3 is 0 Å². The van der Waals surface area contributed by atoms with Crippen LogP contribution in [-0.4, -0.2) is 34.1 Å². The Labute approximate surface area is 142 Å². The van der Waals surface area contributed by atoms with Crippen LogP contribution in [0.25, 0.3) is 0 Å². The summed E-state index contributed by atoms with van der Waals surface area (Å²) in [5.74, 6) is 0.0268. The molecule has 1 saturated heterocycles. The molecule has 1 fully saturated rings. The minimum Gasteiger partial charge on any atom is -0.389 e. The van der Waals surface area contributed by atoms with Crippen LogP contribution in [0.1, 0.15) is 35.4 Å². The highest BCUT2D eigenvalue weighted by atomic mass is 16.5. The van der Waals surface area contributed by atoms with E-state index in [1.807, 2.05) is 42.5 Å². The molecule has 2 unspecified atom stereocenters. The monoisotopic (exact) mass is 322 g/mol. The molecule has 4 nitrogen and oxygen atoms in total. The molecule has 0 radical (unpaired) electrons. The standard InChI is InChI=1S/C20H22N2O2/c21-14-17-6-8-18(9-7-17)19-13-20(23,10-11-22(24)15-19)12-16-4-2-1-3-5-16/h1-9,19,23-24H,10-13,15H2. The summed E-state index contributed by atoms with van der Waals surface area (Å²) in [6, 6.07) is 19.5. The topological polar surface area (TPSA) is 67.5 Å². The molecule has 1 aliphatic rings. The van der Waals surface area contributed by atoms with Gasteiger partial charge < -0.3 is 10.3 Å². The van der Waals surface area contributed by atoms with E-state index >= 15 is 0 Å². The molecule has 2 atom stereocenters. The molecular formula is C20H22N2O2. The van der Waals surface area contributed by atoms with Gasteiger partial charge in [0.25, 0.3) is 0 Å². The predicted octanol–water partition coefficient (Wildman–Crippen LogP) is 3.10. The van der Waals surface area contributed by atoms with Crippen LogP contribution in [0.3, 0.4) is 0 Å². The van der Waals surface area contributed by atoms with Crippen LogP contribution in [-0.2, 0) is 6.42 Å². The number of hydroxylamine groups is 2. The van der Waals surface area contributed by atoms with Crippen molar-refractivity contribution in [2.75, 3.05) is 13.1 Å². The largest absolute Gasteiger partial charge is 0.389 e. The molecule has 2 aromatic rings. The number of rotatable bonds is 3. The Hall–Kier alpha value is -2.19.